The summed E-state index contributed by atoms with van der Waals surface area (Å²) in [5.41, 5.74) is 0. The number of rotatable bonds is 3. The van der Waals surface area contributed by atoms with Crippen LogP contribution in [0.25, 0.3) is 0 Å². The molecule has 1 fully saturated rings. The Morgan fingerprint density at radius 3 is 2.76 bits per heavy atom. The zero-order valence-electron chi connectivity index (χ0n) is 11.2. The van der Waals surface area contributed by atoms with Crippen molar-refractivity contribution in [1.29, 1.82) is 0 Å². The monoisotopic (exact) mass is 323 g/mol. The fourth-order valence-electron chi connectivity index (χ4n) is 2.07. The lowest BCUT2D eigenvalue weighted by Gasteiger charge is -2.32. The van der Waals surface area contributed by atoms with Crippen LogP contribution in [0.3, 0.4) is 0 Å². The van der Waals surface area contributed by atoms with E-state index in [1.165, 1.54) is 6.92 Å². The van der Waals surface area contributed by atoms with E-state index in [-0.39, 0.29) is 29.5 Å². The molecule has 0 bridgehead atoms. The maximum Gasteiger partial charge on any atom is 0.287 e. The second-order valence-corrected chi connectivity index (χ2v) is 6.35. The standard InChI is InChI=1S/C11H15F2N3O4S/c1-6-8(21(14,18)19)4-7(20-6)10(17)16-9-5-15-3-2-11(9,12)13/h4,9,15H,2-3,5H2,1H3,(H,16,17)(H2,14,18,19). The van der Waals surface area contributed by atoms with Crippen molar-refractivity contribution in [3.63, 3.8) is 0 Å². The Labute approximate surface area is 119 Å². The first kappa shape index (κ1) is 15.9. The molecule has 7 nitrogen and oxygen atoms in total. The summed E-state index contributed by atoms with van der Waals surface area (Å²) in [7, 11) is -4.04. The largest absolute Gasteiger partial charge is 0.455 e. The third kappa shape index (κ3) is 3.39. The summed E-state index contributed by atoms with van der Waals surface area (Å²) in [6.07, 6.45) is -0.391. The highest BCUT2D eigenvalue weighted by atomic mass is 32.2. The number of primary sulfonamides is 1. The fourth-order valence-corrected chi connectivity index (χ4v) is 2.78. The van der Waals surface area contributed by atoms with Gasteiger partial charge in [-0.25, -0.2) is 22.3 Å². The molecule has 0 spiro atoms. The number of sulfonamides is 1. The average molecular weight is 323 g/mol. The number of alkyl halides is 2. The van der Waals surface area contributed by atoms with Crippen molar-refractivity contribution in [3.8, 4) is 0 Å². The maximum absolute atomic E-state index is 13.6. The second-order valence-electron chi connectivity index (χ2n) is 4.82. The van der Waals surface area contributed by atoms with E-state index in [4.69, 9.17) is 9.56 Å². The van der Waals surface area contributed by atoms with E-state index < -0.39 is 34.3 Å². The minimum atomic E-state index is -4.04. The first-order valence-corrected chi connectivity index (χ1v) is 7.68. The molecule has 118 valence electrons. The number of piperidine rings is 1. The molecule has 1 aromatic rings. The molecule has 0 aliphatic carbocycles. The summed E-state index contributed by atoms with van der Waals surface area (Å²) in [5, 5.41) is 9.83. The summed E-state index contributed by atoms with van der Waals surface area (Å²) >= 11 is 0. The number of amides is 1. The van der Waals surface area contributed by atoms with Crippen molar-refractivity contribution in [2.24, 2.45) is 5.14 Å². The van der Waals surface area contributed by atoms with Crippen LogP contribution in [0.5, 0.6) is 0 Å². The predicted octanol–water partition coefficient (Wildman–Crippen LogP) is -0.0376. The Balaban J connectivity index is 2.18. The number of nitrogens with two attached hydrogens (primary N) is 1. The van der Waals surface area contributed by atoms with Crippen molar-refractivity contribution >= 4 is 15.9 Å². The Morgan fingerprint density at radius 1 is 1.57 bits per heavy atom. The molecule has 1 atom stereocenters. The number of nitrogens with one attached hydrogen (secondary N) is 2. The smallest absolute Gasteiger partial charge is 0.287 e. The Kier molecular flexibility index (Phi) is 4.04. The molecule has 1 aromatic heterocycles. The third-order valence-corrected chi connectivity index (χ3v) is 4.22. The SMILES string of the molecule is Cc1oc(C(=O)NC2CNCCC2(F)F)cc1S(N)(=O)=O. The zero-order chi connectivity index (χ0) is 15.8. The van der Waals surface area contributed by atoms with E-state index in [9.17, 15) is 22.0 Å². The summed E-state index contributed by atoms with van der Waals surface area (Å²) in [5.74, 6) is -4.40. The first-order valence-electron chi connectivity index (χ1n) is 6.14. The van der Waals surface area contributed by atoms with Gasteiger partial charge in [-0.3, -0.25) is 4.79 Å². The molecule has 1 aliphatic rings. The van der Waals surface area contributed by atoms with Crippen molar-refractivity contribution in [1.82, 2.24) is 10.6 Å². The molecule has 0 aromatic carbocycles. The molecular formula is C11H15F2N3O4S. The molecule has 10 heteroatoms. The van der Waals surface area contributed by atoms with Gasteiger partial charge in [-0.2, -0.15) is 0 Å². The number of aryl methyl sites for hydroxylation is 1. The molecule has 1 aliphatic heterocycles. The summed E-state index contributed by atoms with van der Waals surface area (Å²) in [4.78, 5) is 11.5. The van der Waals surface area contributed by atoms with Crippen LogP contribution in [0.4, 0.5) is 8.78 Å². The summed E-state index contributed by atoms with van der Waals surface area (Å²) in [6.45, 7) is 1.39. The molecule has 21 heavy (non-hydrogen) atoms. The van der Waals surface area contributed by atoms with Gasteiger partial charge < -0.3 is 15.1 Å². The van der Waals surface area contributed by atoms with E-state index in [0.29, 0.717) is 0 Å². The van der Waals surface area contributed by atoms with Crippen molar-refractivity contribution < 1.29 is 26.4 Å². The van der Waals surface area contributed by atoms with Crippen LogP contribution in [0.15, 0.2) is 15.4 Å². The molecular weight excluding hydrogens is 308 g/mol. The van der Waals surface area contributed by atoms with Gasteiger partial charge in [0.1, 0.15) is 16.7 Å². The summed E-state index contributed by atoms with van der Waals surface area (Å²) in [6, 6.07) is -0.462. The number of carbonyl (C=O) groups is 1. The van der Waals surface area contributed by atoms with E-state index in [2.05, 4.69) is 10.6 Å². The molecule has 1 amide bonds. The van der Waals surface area contributed by atoms with Crippen LogP contribution in [0, 0.1) is 6.92 Å². The molecule has 2 heterocycles. The van der Waals surface area contributed by atoms with Crippen LogP contribution in [-0.4, -0.2) is 39.4 Å². The number of hydrogen-bond acceptors (Lipinski definition) is 5. The highest BCUT2D eigenvalue weighted by Gasteiger charge is 2.42. The van der Waals surface area contributed by atoms with E-state index in [1.807, 2.05) is 0 Å². The highest BCUT2D eigenvalue weighted by Crippen LogP contribution is 2.26. The minimum Gasteiger partial charge on any atom is -0.455 e. The fraction of sp³-hybridized carbons (Fsp3) is 0.545. The second kappa shape index (κ2) is 5.35. The zero-order valence-corrected chi connectivity index (χ0v) is 12.0. The lowest BCUT2D eigenvalue weighted by Crippen LogP contribution is -2.57. The van der Waals surface area contributed by atoms with Gasteiger partial charge in [0.25, 0.3) is 11.8 Å². The third-order valence-electron chi connectivity index (χ3n) is 3.20. The number of hydrogen-bond donors (Lipinski definition) is 3. The number of carbonyl (C=O) groups excluding carboxylic acids is 1. The van der Waals surface area contributed by atoms with Gasteiger partial charge in [-0.1, -0.05) is 0 Å². The van der Waals surface area contributed by atoms with Gasteiger partial charge in [0, 0.05) is 25.6 Å². The van der Waals surface area contributed by atoms with Gasteiger partial charge in [0.2, 0.25) is 10.0 Å². The summed E-state index contributed by atoms with van der Waals surface area (Å²) < 4.78 is 54.7. The van der Waals surface area contributed by atoms with Gasteiger partial charge >= 0.3 is 0 Å². The predicted molar refractivity (Wildman–Crippen MR) is 68.5 cm³/mol. The van der Waals surface area contributed by atoms with Crippen LogP contribution in [-0.2, 0) is 10.0 Å². The van der Waals surface area contributed by atoms with Gasteiger partial charge in [0.15, 0.2) is 5.76 Å². The Morgan fingerprint density at radius 2 is 2.24 bits per heavy atom. The van der Waals surface area contributed by atoms with Crippen molar-refractivity contribution in [2.45, 2.75) is 30.2 Å². The van der Waals surface area contributed by atoms with Gasteiger partial charge in [0.05, 0.1) is 0 Å². The van der Waals surface area contributed by atoms with Gasteiger partial charge in [-0.05, 0) is 6.92 Å². The van der Waals surface area contributed by atoms with Crippen LogP contribution in [0.1, 0.15) is 22.7 Å². The van der Waals surface area contributed by atoms with Crippen LogP contribution in [0.2, 0.25) is 0 Å². The normalized spacial score (nSPS) is 22.0. The highest BCUT2D eigenvalue weighted by molar-refractivity contribution is 7.89. The Bertz CT molecular complexity index is 656. The first-order chi connectivity index (χ1) is 9.61. The molecule has 4 N–H and O–H groups in total. The van der Waals surface area contributed by atoms with Gasteiger partial charge in [-0.15, -0.1) is 0 Å². The lowest BCUT2D eigenvalue weighted by atomic mass is 10.0. The van der Waals surface area contributed by atoms with Crippen molar-refractivity contribution in [3.05, 3.63) is 17.6 Å². The minimum absolute atomic E-state index is 0.0730. The van der Waals surface area contributed by atoms with Crippen molar-refractivity contribution in [2.75, 3.05) is 13.1 Å². The number of halogens is 2. The molecule has 1 unspecified atom stereocenters. The Hall–Kier alpha value is -1.52. The molecule has 0 saturated carbocycles. The van der Waals surface area contributed by atoms with E-state index in [1.54, 1.807) is 0 Å². The molecule has 1 saturated heterocycles. The number of furan rings is 1. The molecule has 2 rings (SSSR count). The van der Waals surface area contributed by atoms with Crippen LogP contribution >= 0.6 is 0 Å². The molecule has 0 radical (unpaired) electrons. The quantitative estimate of drug-likeness (QED) is 0.722. The van der Waals surface area contributed by atoms with E-state index in [0.717, 1.165) is 6.07 Å². The topological polar surface area (TPSA) is 114 Å². The van der Waals surface area contributed by atoms with E-state index >= 15 is 0 Å². The lowest BCUT2D eigenvalue weighted by molar-refractivity contribution is -0.0544. The average Bonchev–Trinajstić information content (AvgIpc) is 2.74. The van der Waals surface area contributed by atoms with Crippen LogP contribution < -0.4 is 15.8 Å². The maximum atomic E-state index is 13.6.